The molecule has 0 bridgehead atoms. The largest absolute Gasteiger partial charge is 0.480 e. The third kappa shape index (κ3) is 16.2. The van der Waals surface area contributed by atoms with E-state index in [-0.39, 0.29) is 6.54 Å². The standard InChI is InChI=1S/C25H30N2O4S2.C3H8.C2H6/c1-3-8-21(18-31-19-32-24-12-6-4-5-11-23(24)26-2)10-7-9-20-13-15-22(16-14-20)33(30)27-17-25(28)29;1-3-2;1-2/h3-8,10-11,13-16,26-27H,1,9,12,17-19H2,2H3,(H,28,29);3H2,1-2H3;1-2H3/b10-7-,21-8+;;. The van der Waals surface area contributed by atoms with Crippen molar-refractivity contribution in [2.75, 3.05) is 26.1 Å². The number of thioether (sulfide) groups is 1. The second kappa shape index (κ2) is 23.5. The van der Waals surface area contributed by atoms with E-state index in [9.17, 15) is 9.00 Å². The zero-order valence-electron chi connectivity index (χ0n) is 23.4. The predicted molar refractivity (Wildman–Crippen MR) is 164 cm³/mol. The molecule has 38 heavy (non-hydrogen) atoms. The summed E-state index contributed by atoms with van der Waals surface area (Å²) in [5.41, 5.74) is 3.19. The molecule has 2 rings (SSSR count). The summed E-state index contributed by atoms with van der Waals surface area (Å²) in [6, 6.07) is 7.24. The first kappa shape index (κ1) is 35.4. The lowest BCUT2D eigenvalue weighted by molar-refractivity contribution is -0.135. The van der Waals surface area contributed by atoms with E-state index < -0.39 is 17.0 Å². The van der Waals surface area contributed by atoms with E-state index in [1.165, 1.54) is 11.3 Å². The average Bonchev–Trinajstić information content (AvgIpc) is 3.16. The molecule has 1 aliphatic carbocycles. The van der Waals surface area contributed by atoms with Crippen molar-refractivity contribution in [2.24, 2.45) is 0 Å². The molecule has 6 nitrogen and oxygen atoms in total. The molecule has 0 aromatic heterocycles. The van der Waals surface area contributed by atoms with Crippen molar-refractivity contribution in [1.29, 1.82) is 0 Å². The van der Waals surface area contributed by atoms with Crippen LogP contribution in [0.3, 0.4) is 0 Å². The Balaban J connectivity index is 0.00000255. The Labute approximate surface area is 236 Å². The van der Waals surface area contributed by atoms with Gasteiger partial charge >= 0.3 is 5.97 Å². The van der Waals surface area contributed by atoms with Gasteiger partial charge in [-0.1, -0.05) is 107 Å². The summed E-state index contributed by atoms with van der Waals surface area (Å²) >= 11 is 1.69. The lowest BCUT2D eigenvalue weighted by Crippen LogP contribution is -2.24. The SMILES string of the molecule is C=C/C=C(\C=C/Cc1ccc(S(=O)NCC(=O)O)cc1)COCSC1=C(NC)C=CC=CC1.CC.CCC. The number of rotatable bonds is 14. The molecule has 1 aromatic carbocycles. The molecule has 0 radical (unpaired) electrons. The summed E-state index contributed by atoms with van der Waals surface area (Å²) < 4.78 is 20.3. The normalized spacial score (nSPS) is 13.7. The molecule has 1 unspecified atom stereocenters. The number of carboxylic acids is 1. The van der Waals surface area contributed by atoms with Gasteiger partial charge in [-0.2, -0.15) is 0 Å². The minimum absolute atomic E-state index is 0.349. The Kier molecular flexibility index (Phi) is 21.8. The summed E-state index contributed by atoms with van der Waals surface area (Å²) in [6.07, 6.45) is 18.8. The predicted octanol–water partition coefficient (Wildman–Crippen LogP) is 6.69. The quantitative estimate of drug-likeness (QED) is 0.133. The molecule has 1 atom stereocenters. The molecular formula is C30H44N2O4S2. The van der Waals surface area contributed by atoms with Gasteiger partial charge in [0.25, 0.3) is 0 Å². The van der Waals surface area contributed by atoms with Gasteiger partial charge in [-0.05, 0) is 42.2 Å². The number of allylic oxidation sites excluding steroid dienone is 8. The van der Waals surface area contributed by atoms with Gasteiger partial charge < -0.3 is 15.2 Å². The summed E-state index contributed by atoms with van der Waals surface area (Å²) in [6.45, 7) is 12.2. The number of aliphatic carboxylic acids is 1. The third-order valence-electron chi connectivity index (χ3n) is 4.48. The molecule has 0 saturated carbocycles. The molecule has 0 heterocycles. The van der Waals surface area contributed by atoms with Crippen LogP contribution in [0.1, 0.15) is 46.1 Å². The van der Waals surface area contributed by atoms with E-state index in [0.29, 0.717) is 23.9 Å². The van der Waals surface area contributed by atoms with Crippen LogP contribution in [0.5, 0.6) is 0 Å². The van der Waals surface area contributed by atoms with Crippen molar-refractivity contribution in [2.45, 2.75) is 51.9 Å². The fourth-order valence-corrected chi connectivity index (χ4v) is 4.50. The van der Waals surface area contributed by atoms with E-state index >= 15 is 0 Å². The molecule has 8 heteroatoms. The van der Waals surface area contributed by atoms with Crippen LogP contribution < -0.4 is 10.0 Å². The highest BCUT2D eigenvalue weighted by Gasteiger charge is 2.06. The number of nitrogens with one attached hydrogen (secondary N) is 2. The molecule has 0 aliphatic heterocycles. The maximum atomic E-state index is 12.0. The van der Waals surface area contributed by atoms with Crippen LogP contribution in [0, 0.1) is 0 Å². The van der Waals surface area contributed by atoms with Gasteiger partial charge in [-0.25, -0.2) is 8.93 Å². The van der Waals surface area contributed by atoms with Gasteiger partial charge in [0.15, 0.2) is 0 Å². The topological polar surface area (TPSA) is 87.7 Å². The molecule has 3 N–H and O–H groups in total. The number of hydrogen-bond acceptors (Lipinski definition) is 5. The minimum atomic E-state index is -1.54. The Morgan fingerprint density at radius 2 is 1.89 bits per heavy atom. The molecule has 210 valence electrons. The number of benzene rings is 1. The highest BCUT2D eigenvalue weighted by molar-refractivity contribution is 8.02. The molecule has 0 saturated heterocycles. The molecule has 0 fully saturated rings. The Bertz CT molecular complexity index is 994. The Morgan fingerprint density at radius 1 is 1.21 bits per heavy atom. The summed E-state index contributed by atoms with van der Waals surface area (Å²) in [5, 5.41) is 11.9. The number of hydrogen-bond donors (Lipinski definition) is 3. The maximum absolute atomic E-state index is 12.0. The highest BCUT2D eigenvalue weighted by Crippen LogP contribution is 2.25. The number of likely N-dealkylation sites (N-methyl/N-ethyl adjacent to an activating group) is 1. The molecule has 1 aliphatic rings. The van der Waals surface area contributed by atoms with Crippen molar-refractivity contribution in [3.63, 3.8) is 0 Å². The van der Waals surface area contributed by atoms with Crippen LogP contribution in [0.25, 0.3) is 0 Å². The van der Waals surface area contributed by atoms with E-state index in [0.717, 1.165) is 23.3 Å². The Hall–Kier alpha value is -2.65. The van der Waals surface area contributed by atoms with Crippen LogP contribution in [-0.2, 0) is 26.9 Å². The zero-order chi connectivity index (χ0) is 28.6. The van der Waals surface area contributed by atoms with E-state index in [4.69, 9.17) is 9.84 Å². The van der Waals surface area contributed by atoms with Crippen LogP contribution in [0.2, 0.25) is 0 Å². The van der Waals surface area contributed by atoms with E-state index in [2.05, 4.69) is 42.6 Å². The molecule has 0 spiro atoms. The highest BCUT2D eigenvalue weighted by atomic mass is 32.2. The second-order valence-corrected chi connectivity index (χ2v) is 9.92. The second-order valence-electron chi connectivity index (χ2n) is 7.61. The maximum Gasteiger partial charge on any atom is 0.318 e. The first-order valence-electron chi connectivity index (χ1n) is 12.8. The Morgan fingerprint density at radius 3 is 2.50 bits per heavy atom. The first-order valence-corrected chi connectivity index (χ1v) is 15.0. The van der Waals surface area contributed by atoms with Crippen molar-refractivity contribution >= 4 is 28.7 Å². The van der Waals surface area contributed by atoms with Crippen LogP contribution >= 0.6 is 11.8 Å². The summed E-state index contributed by atoms with van der Waals surface area (Å²) in [5.74, 6) is -0.492. The molecule has 0 amide bonds. The molecular weight excluding hydrogens is 516 g/mol. The zero-order valence-corrected chi connectivity index (χ0v) is 25.0. The lowest BCUT2D eigenvalue weighted by Gasteiger charge is -2.10. The number of carbonyl (C=O) groups is 1. The van der Waals surface area contributed by atoms with Gasteiger partial charge in [0.1, 0.15) is 17.5 Å². The van der Waals surface area contributed by atoms with Gasteiger partial charge in [-0.3, -0.25) is 4.79 Å². The van der Waals surface area contributed by atoms with Crippen LogP contribution in [0.15, 0.2) is 101 Å². The molecule has 1 aromatic rings. The number of carboxylic acid groups (broad SMARTS) is 1. The van der Waals surface area contributed by atoms with E-state index in [1.54, 1.807) is 30.0 Å². The smallest absolute Gasteiger partial charge is 0.318 e. The fourth-order valence-electron chi connectivity index (χ4n) is 2.85. The van der Waals surface area contributed by atoms with Crippen molar-refractivity contribution < 1.29 is 18.8 Å². The summed E-state index contributed by atoms with van der Waals surface area (Å²) in [4.78, 5) is 12.4. The number of ether oxygens (including phenoxy) is 1. The van der Waals surface area contributed by atoms with Gasteiger partial charge in [-0.15, -0.1) is 0 Å². The minimum Gasteiger partial charge on any atom is -0.480 e. The van der Waals surface area contributed by atoms with Crippen molar-refractivity contribution in [3.05, 3.63) is 101 Å². The third-order valence-corrected chi connectivity index (χ3v) is 6.60. The van der Waals surface area contributed by atoms with E-state index in [1.807, 2.05) is 63.4 Å². The van der Waals surface area contributed by atoms with Gasteiger partial charge in [0.05, 0.1) is 17.4 Å². The van der Waals surface area contributed by atoms with Gasteiger partial charge in [0.2, 0.25) is 0 Å². The van der Waals surface area contributed by atoms with Gasteiger partial charge in [0, 0.05) is 17.6 Å². The first-order chi connectivity index (χ1) is 18.4. The van der Waals surface area contributed by atoms with Crippen molar-refractivity contribution in [3.8, 4) is 0 Å². The van der Waals surface area contributed by atoms with Crippen molar-refractivity contribution in [1.82, 2.24) is 10.0 Å². The fraction of sp³-hybridized carbons (Fsp3) is 0.367. The van der Waals surface area contributed by atoms with Crippen LogP contribution in [0.4, 0.5) is 0 Å². The summed E-state index contributed by atoms with van der Waals surface area (Å²) in [7, 11) is 0.381. The lowest BCUT2D eigenvalue weighted by atomic mass is 10.1. The monoisotopic (exact) mass is 560 g/mol. The van der Waals surface area contributed by atoms with Crippen LogP contribution in [-0.4, -0.2) is 41.4 Å². The average molecular weight is 561 g/mol.